The van der Waals surface area contributed by atoms with E-state index in [1.54, 1.807) is 11.7 Å². The highest BCUT2D eigenvalue weighted by Gasteiger charge is 2.29. The van der Waals surface area contributed by atoms with Crippen molar-refractivity contribution in [2.75, 3.05) is 0 Å². The van der Waals surface area contributed by atoms with Crippen LogP contribution in [0.3, 0.4) is 0 Å². The lowest BCUT2D eigenvalue weighted by atomic mass is 10.0. The first-order valence-electron chi connectivity index (χ1n) is 8.29. The molecule has 2 heterocycles. The zero-order chi connectivity index (χ0) is 17.3. The molecule has 7 nitrogen and oxygen atoms in total. The summed E-state index contributed by atoms with van der Waals surface area (Å²) in [7, 11) is 1.78. The average Bonchev–Trinajstić information content (AvgIpc) is 3.25. The Labute approximate surface area is 145 Å². The summed E-state index contributed by atoms with van der Waals surface area (Å²) in [4.78, 5) is 12.4. The van der Waals surface area contributed by atoms with Crippen molar-refractivity contribution >= 4 is 17.5 Å². The molecule has 0 bridgehead atoms. The van der Waals surface area contributed by atoms with Crippen molar-refractivity contribution in [1.82, 2.24) is 25.3 Å². The Morgan fingerprint density at radius 2 is 2.12 bits per heavy atom. The van der Waals surface area contributed by atoms with Crippen molar-refractivity contribution < 1.29 is 9.21 Å². The minimum atomic E-state index is -0.208. The Bertz CT molecular complexity index is 739. The fourth-order valence-electron chi connectivity index (χ4n) is 3.13. The van der Waals surface area contributed by atoms with Gasteiger partial charge in [-0.25, -0.2) is 0 Å². The Morgan fingerprint density at radius 1 is 1.38 bits per heavy atom. The standard InChI is InChI=1S/C16H22ClN5O2/c1-4-12-19-20-13(24-12)8-10-5-6-11(7-10)18-16(23)15-14(17)9(2)22(3)21-15/h10-11H,4-8H2,1-3H3,(H,18,23)/t10-,11+/m1/s1. The number of rotatable bonds is 5. The van der Waals surface area contributed by atoms with Gasteiger partial charge in [0.15, 0.2) is 5.69 Å². The first-order valence-corrected chi connectivity index (χ1v) is 8.67. The van der Waals surface area contributed by atoms with Gasteiger partial charge < -0.3 is 9.73 Å². The van der Waals surface area contributed by atoms with E-state index in [4.69, 9.17) is 16.0 Å². The topological polar surface area (TPSA) is 85.8 Å². The zero-order valence-electron chi connectivity index (χ0n) is 14.2. The average molecular weight is 352 g/mol. The lowest BCUT2D eigenvalue weighted by molar-refractivity contribution is 0.0931. The van der Waals surface area contributed by atoms with Crippen LogP contribution in [0.15, 0.2) is 4.42 Å². The molecule has 2 atom stereocenters. The number of aromatic nitrogens is 4. The third-order valence-corrected chi connectivity index (χ3v) is 5.08. The number of aryl methyl sites for hydroxylation is 2. The highest BCUT2D eigenvalue weighted by molar-refractivity contribution is 6.34. The van der Waals surface area contributed by atoms with E-state index in [0.29, 0.717) is 28.4 Å². The lowest BCUT2D eigenvalue weighted by Crippen LogP contribution is -2.33. The Morgan fingerprint density at radius 3 is 2.75 bits per heavy atom. The van der Waals surface area contributed by atoms with Crippen LogP contribution in [0.25, 0.3) is 0 Å². The number of carbonyl (C=O) groups excluding carboxylic acids is 1. The monoisotopic (exact) mass is 351 g/mol. The summed E-state index contributed by atoms with van der Waals surface area (Å²) in [5.41, 5.74) is 1.08. The molecule has 1 aliphatic rings. The summed E-state index contributed by atoms with van der Waals surface area (Å²) < 4.78 is 7.19. The lowest BCUT2D eigenvalue weighted by Gasteiger charge is -2.12. The Balaban J connectivity index is 1.55. The number of hydrogen-bond donors (Lipinski definition) is 1. The van der Waals surface area contributed by atoms with E-state index in [9.17, 15) is 4.79 Å². The number of hydrogen-bond acceptors (Lipinski definition) is 5. The second kappa shape index (κ2) is 6.93. The Kier molecular flexibility index (Phi) is 4.89. The highest BCUT2D eigenvalue weighted by atomic mass is 35.5. The maximum atomic E-state index is 12.4. The summed E-state index contributed by atoms with van der Waals surface area (Å²) in [6.45, 7) is 3.83. The number of halogens is 1. The van der Waals surface area contributed by atoms with Gasteiger partial charge in [-0.1, -0.05) is 18.5 Å². The van der Waals surface area contributed by atoms with Crippen molar-refractivity contribution in [1.29, 1.82) is 0 Å². The molecular weight excluding hydrogens is 330 g/mol. The molecule has 24 heavy (non-hydrogen) atoms. The molecule has 1 saturated carbocycles. The molecule has 0 aliphatic heterocycles. The van der Waals surface area contributed by atoms with Gasteiger partial charge in [0.1, 0.15) is 0 Å². The fraction of sp³-hybridized carbons (Fsp3) is 0.625. The summed E-state index contributed by atoms with van der Waals surface area (Å²) in [5.74, 6) is 1.60. The number of carbonyl (C=O) groups is 1. The van der Waals surface area contributed by atoms with Gasteiger partial charge in [0.2, 0.25) is 11.8 Å². The van der Waals surface area contributed by atoms with Gasteiger partial charge in [0.05, 0.1) is 10.7 Å². The van der Waals surface area contributed by atoms with E-state index in [-0.39, 0.29) is 11.9 Å². The van der Waals surface area contributed by atoms with Crippen LogP contribution in [0.1, 0.15) is 54.2 Å². The maximum absolute atomic E-state index is 12.4. The molecule has 0 unspecified atom stereocenters. The van der Waals surface area contributed by atoms with Crippen LogP contribution < -0.4 is 5.32 Å². The molecule has 1 amide bonds. The summed E-state index contributed by atoms with van der Waals surface area (Å²) in [5, 5.41) is 15.7. The van der Waals surface area contributed by atoms with E-state index in [1.165, 1.54) is 0 Å². The van der Waals surface area contributed by atoms with E-state index >= 15 is 0 Å². The van der Waals surface area contributed by atoms with Crippen molar-refractivity contribution in [3.05, 3.63) is 28.2 Å². The van der Waals surface area contributed by atoms with Crippen LogP contribution in [0.5, 0.6) is 0 Å². The molecule has 0 radical (unpaired) electrons. The van der Waals surface area contributed by atoms with Crippen LogP contribution >= 0.6 is 11.6 Å². The van der Waals surface area contributed by atoms with Crippen LogP contribution in [-0.2, 0) is 19.9 Å². The quantitative estimate of drug-likeness (QED) is 0.894. The molecule has 2 aromatic rings. The van der Waals surface area contributed by atoms with Crippen LogP contribution in [-0.4, -0.2) is 31.9 Å². The summed E-state index contributed by atoms with van der Waals surface area (Å²) >= 11 is 6.17. The largest absolute Gasteiger partial charge is 0.425 e. The number of nitrogens with zero attached hydrogens (tertiary/aromatic N) is 4. The third kappa shape index (κ3) is 3.45. The summed E-state index contributed by atoms with van der Waals surface area (Å²) in [6.07, 6.45) is 4.39. The SMILES string of the molecule is CCc1nnc(C[C@@H]2CC[C@H](NC(=O)c3nn(C)c(C)c3Cl)C2)o1. The van der Waals surface area contributed by atoms with Crippen LogP contribution in [0.2, 0.25) is 5.02 Å². The molecule has 3 rings (SSSR count). The van der Waals surface area contributed by atoms with E-state index < -0.39 is 0 Å². The molecule has 0 aromatic carbocycles. The van der Waals surface area contributed by atoms with Gasteiger partial charge in [-0.05, 0) is 32.1 Å². The molecule has 0 spiro atoms. The van der Waals surface area contributed by atoms with Crippen LogP contribution in [0, 0.1) is 12.8 Å². The molecule has 130 valence electrons. The predicted octanol–water partition coefficient (Wildman–Crippen LogP) is 2.47. The Hall–Kier alpha value is -1.89. The molecule has 8 heteroatoms. The molecular formula is C16H22ClN5O2. The van der Waals surface area contributed by atoms with E-state index in [2.05, 4.69) is 20.6 Å². The maximum Gasteiger partial charge on any atom is 0.273 e. The minimum Gasteiger partial charge on any atom is -0.425 e. The number of nitrogens with one attached hydrogen (secondary N) is 1. The van der Waals surface area contributed by atoms with Gasteiger partial charge >= 0.3 is 0 Å². The molecule has 0 saturated heterocycles. The summed E-state index contributed by atoms with van der Waals surface area (Å²) in [6, 6.07) is 0.134. The molecule has 2 aromatic heterocycles. The van der Waals surface area contributed by atoms with Gasteiger partial charge in [-0.3, -0.25) is 9.48 Å². The molecule has 1 aliphatic carbocycles. The predicted molar refractivity (Wildman–Crippen MR) is 88.9 cm³/mol. The van der Waals surface area contributed by atoms with Crippen LogP contribution in [0.4, 0.5) is 0 Å². The van der Waals surface area contributed by atoms with Gasteiger partial charge in [-0.15, -0.1) is 10.2 Å². The normalized spacial score (nSPS) is 20.5. The fourth-order valence-corrected chi connectivity index (χ4v) is 3.38. The van der Waals surface area contributed by atoms with Crippen molar-refractivity contribution in [3.8, 4) is 0 Å². The van der Waals surface area contributed by atoms with Crippen molar-refractivity contribution in [2.45, 2.75) is 52.0 Å². The first-order chi connectivity index (χ1) is 11.5. The first kappa shape index (κ1) is 17.0. The molecule has 1 fully saturated rings. The zero-order valence-corrected chi connectivity index (χ0v) is 14.9. The van der Waals surface area contributed by atoms with E-state index in [0.717, 1.165) is 37.8 Å². The molecule has 1 N–H and O–H groups in total. The van der Waals surface area contributed by atoms with Gasteiger partial charge in [0, 0.05) is 25.9 Å². The number of amides is 1. The van der Waals surface area contributed by atoms with Crippen molar-refractivity contribution in [2.24, 2.45) is 13.0 Å². The second-order valence-corrected chi connectivity index (χ2v) is 6.75. The third-order valence-electron chi connectivity index (χ3n) is 4.63. The highest BCUT2D eigenvalue weighted by Crippen LogP contribution is 2.29. The van der Waals surface area contributed by atoms with E-state index in [1.807, 2.05) is 13.8 Å². The van der Waals surface area contributed by atoms with Gasteiger partial charge in [0.25, 0.3) is 5.91 Å². The second-order valence-electron chi connectivity index (χ2n) is 6.37. The minimum absolute atomic E-state index is 0.134. The van der Waals surface area contributed by atoms with Gasteiger partial charge in [-0.2, -0.15) is 5.10 Å². The van der Waals surface area contributed by atoms with Crippen molar-refractivity contribution in [3.63, 3.8) is 0 Å². The smallest absolute Gasteiger partial charge is 0.273 e.